The molecule has 25 heteroatoms. The van der Waals surface area contributed by atoms with Crippen LogP contribution in [0.15, 0.2) is 0 Å². The molecular formula is C10Cl2F22Si. The lowest BCUT2D eigenvalue weighted by Gasteiger charge is -2.44. The van der Waals surface area contributed by atoms with E-state index in [9.17, 15) is 96.3 Å². The molecule has 0 amide bonds. The highest BCUT2D eigenvalue weighted by Gasteiger charge is 2.98. The maximum Gasteiger partial charge on any atom is 0.511 e. The lowest BCUT2D eigenvalue weighted by Crippen LogP contribution is -2.77. The van der Waals surface area contributed by atoms with Crippen LogP contribution in [0.2, 0.25) is 0 Å². The molecule has 0 rings (SSSR count). The van der Waals surface area contributed by atoms with Gasteiger partial charge in [-0.2, -0.15) is 92.2 Å². The summed E-state index contributed by atoms with van der Waals surface area (Å²) in [5, 5.41) is 0. The molecule has 35 heavy (non-hydrogen) atoms. The van der Waals surface area contributed by atoms with Crippen LogP contribution in [0.1, 0.15) is 0 Å². The second-order valence-electron chi connectivity index (χ2n) is 6.17. The van der Waals surface area contributed by atoms with Crippen LogP contribution in [0.3, 0.4) is 0 Å². The van der Waals surface area contributed by atoms with Crippen molar-refractivity contribution in [2.24, 2.45) is 0 Å². The lowest BCUT2D eigenvalue weighted by molar-refractivity contribution is -0.472. The number of hydrogen-bond acceptors (Lipinski definition) is 0. The van der Waals surface area contributed by atoms with E-state index in [-0.39, 0.29) is 0 Å². The molecule has 0 N–H and O–H groups in total. The van der Waals surface area contributed by atoms with E-state index < -0.39 is 66.1 Å². The van der Waals surface area contributed by atoms with Crippen molar-refractivity contribution in [3.8, 4) is 0 Å². The minimum atomic E-state index is -9.29. The number of rotatable bonds is 9. The van der Waals surface area contributed by atoms with Crippen LogP contribution in [0.5, 0.6) is 0 Å². The summed E-state index contributed by atoms with van der Waals surface area (Å²) in [6, 6.07) is 0. The van der Waals surface area contributed by atoms with Gasteiger partial charge in [-0.3, -0.25) is 4.11 Å². The average Bonchev–Trinajstić information content (AvgIpc) is 2.58. The molecule has 0 spiro atoms. The molecule has 0 heterocycles. The van der Waals surface area contributed by atoms with Gasteiger partial charge >= 0.3 is 66.1 Å². The van der Waals surface area contributed by atoms with Crippen molar-refractivity contribution in [2.75, 3.05) is 0 Å². The molecule has 0 atom stereocenters. The largest absolute Gasteiger partial charge is 0.511 e. The van der Waals surface area contributed by atoms with Gasteiger partial charge in [-0.1, -0.05) is 0 Å². The summed E-state index contributed by atoms with van der Waals surface area (Å²) < 4.78 is 285. The van der Waals surface area contributed by atoms with Crippen molar-refractivity contribution < 1.29 is 96.3 Å². The molecule has 0 radical (unpaired) electrons. The maximum atomic E-state index is 13.4. The van der Waals surface area contributed by atoms with E-state index in [1.807, 2.05) is 0 Å². The van der Waals surface area contributed by atoms with Gasteiger partial charge in [0.1, 0.15) is 0 Å². The standard InChI is InChI=1S/C10Cl2F22Si/c11-35(12,34)10(32,33)8(27,28)6(23,24)4(19,20)2(15,16)1(13,14)3(17,18)5(21,22)7(25,26)9(29,30)31. The zero-order chi connectivity index (χ0) is 29.5. The van der Waals surface area contributed by atoms with E-state index in [0.29, 0.717) is 0 Å². The van der Waals surface area contributed by atoms with Gasteiger partial charge in [0.05, 0.1) is 0 Å². The second kappa shape index (κ2) is 8.13. The quantitative estimate of drug-likeness (QED) is 0.136. The van der Waals surface area contributed by atoms with Gasteiger partial charge < -0.3 is 0 Å². The third kappa shape index (κ3) is 4.08. The molecule has 212 valence electrons. The van der Waals surface area contributed by atoms with Crippen molar-refractivity contribution in [3.63, 3.8) is 0 Å². The molecule has 0 saturated carbocycles. The van der Waals surface area contributed by atoms with E-state index in [4.69, 9.17) is 0 Å². The Kier molecular flexibility index (Phi) is 7.95. The van der Waals surface area contributed by atoms with Crippen LogP contribution in [-0.4, -0.2) is 66.1 Å². The Morgan fingerprint density at radius 2 is 0.486 bits per heavy atom. The van der Waals surface area contributed by atoms with E-state index >= 15 is 0 Å². The number of alkyl halides is 21. The Bertz CT molecular complexity index is 725. The Morgan fingerprint density at radius 1 is 0.314 bits per heavy atom. The van der Waals surface area contributed by atoms with Gasteiger partial charge in [0.25, 0.3) is 0 Å². The summed E-state index contributed by atoms with van der Waals surface area (Å²) in [5.74, 6) is -71.8. The summed E-state index contributed by atoms with van der Waals surface area (Å²) in [6.07, 6.45) is -8.05. The van der Waals surface area contributed by atoms with Gasteiger partial charge in [0.2, 0.25) is 0 Å². The van der Waals surface area contributed by atoms with Gasteiger partial charge in [0.15, 0.2) is 0 Å². The first-order valence-corrected chi connectivity index (χ1v) is 10.9. The van der Waals surface area contributed by atoms with Gasteiger partial charge in [-0.15, -0.1) is 22.2 Å². The summed E-state index contributed by atoms with van der Waals surface area (Å²) in [4.78, 5) is 0. The lowest BCUT2D eigenvalue weighted by atomic mass is 9.87. The van der Waals surface area contributed by atoms with Crippen molar-refractivity contribution in [1.29, 1.82) is 0 Å². The zero-order valence-corrected chi connectivity index (χ0v) is 17.1. The highest BCUT2D eigenvalue weighted by molar-refractivity contribution is 7.43. The average molecular weight is 637 g/mol. The number of hydrogen-bond donors (Lipinski definition) is 0. The predicted molar refractivity (Wildman–Crippen MR) is 69.1 cm³/mol. The molecule has 0 saturated heterocycles. The first-order chi connectivity index (χ1) is 14.5. The van der Waals surface area contributed by atoms with Crippen molar-refractivity contribution in [1.82, 2.24) is 0 Å². The van der Waals surface area contributed by atoms with Crippen LogP contribution in [0, 0.1) is 0 Å². The van der Waals surface area contributed by atoms with Crippen LogP contribution in [-0.2, 0) is 0 Å². The summed E-state index contributed by atoms with van der Waals surface area (Å²) in [5.41, 5.74) is -7.59. The molecule has 0 aliphatic carbocycles. The van der Waals surface area contributed by atoms with Gasteiger partial charge in [-0.05, 0) is 0 Å². The molecule has 0 aromatic carbocycles. The molecule has 0 aromatic heterocycles. The molecule has 0 nitrogen and oxygen atoms in total. The Hall–Kier alpha value is -0.743. The van der Waals surface area contributed by atoms with Crippen LogP contribution in [0.25, 0.3) is 0 Å². The first kappa shape index (κ1) is 34.3. The molecule has 0 aliphatic rings. The van der Waals surface area contributed by atoms with E-state index in [0.717, 1.165) is 0 Å². The normalized spacial score (nSPS) is 17.1. The third-order valence-corrected chi connectivity index (χ3v) is 6.32. The second-order valence-corrected chi connectivity index (χ2v) is 11.5. The topological polar surface area (TPSA) is 0 Å². The van der Waals surface area contributed by atoms with Gasteiger partial charge in [-0.25, -0.2) is 0 Å². The summed E-state index contributed by atoms with van der Waals surface area (Å²) in [7, 11) is -7.80. The third-order valence-electron chi connectivity index (χ3n) is 3.87. The molecule has 0 aliphatic heterocycles. The summed E-state index contributed by atoms with van der Waals surface area (Å²) >= 11 is 7.56. The van der Waals surface area contributed by atoms with E-state index in [1.165, 1.54) is 0 Å². The Balaban J connectivity index is 7.15. The minimum absolute atomic E-state index is 3.78. The summed E-state index contributed by atoms with van der Waals surface area (Å²) in [6.45, 7) is 0. The predicted octanol–water partition coefficient (Wildman–Crippen LogP) is 8.19. The van der Waals surface area contributed by atoms with Crippen molar-refractivity contribution in [3.05, 3.63) is 0 Å². The molecule has 0 aromatic rings. The molecular weight excluding hydrogens is 637 g/mol. The van der Waals surface area contributed by atoms with Crippen LogP contribution in [0.4, 0.5) is 96.3 Å². The molecule has 0 fully saturated rings. The fraction of sp³-hybridized carbons (Fsp3) is 1.00. The maximum absolute atomic E-state index is 13.4. The fourth-order valence-electron chi connectivity index (χ4n) is 1.74. The fourth-order valence-corrected chi connectivity index (χ4v) is 2.96. The zero-order valence-electron chi connectivity index (χ0n) is 14.6. The number of halogens is 24. The Labute approximate surface area is 185 Å². The SMILES string of the molecule is FC(F)(F)C(F)(F)C(F)(F)C(F)(F)C(F)(F)C(F)(F)C(F)(F)C(F)(F)C(F)(F)C(F)(F)[Si](F)(Cl)Cl. The molecule has 0 unspecified atom stereocenters. The highest BCUT2D eigenvalue weighted by Crippen LogP contribution is 2.66. The molecule has 0 bridgehead atoms. The van der Waals surface area contributed by atoms with Gasteiger partial charge in [0, 0.05) is 0 Å². The van der Waals surface area contributed by atoms with E-state index in [2.05, 4.69) is 22.2 Å². The smallest absolute Gasteiger partial charge is 0.265 e. The Morgan fingerprint density at radius 3 is 0.657 bits per heavy atom. The van der Waals surface area contributed by atoms with Crippen LogP contribution < -0.4 is 0 Å². The minimum Gasteiger partial charge on any atom is -0.265 e. The monoisotopic (exact) mass is 636 g/mol. The van der Waals surface area contributed by atoms with Crippen molar-refractivity contribution in [2.45, 2.75) is 59.1 Å². The highest BCUT2D eigenvalue weighted by atomic mass is 35.7. The van der Waals surface area contributed by atoms with E-state index in [1.54, 1.807) is 0 Å². The van der Waals surface area contributed by atoms with Crippen molar-refractivity contribution >= 4 is 29.2 Å². The van der Waals surface area contributed by atoms with Crippen LogP contribution >= 0.6 is 22.2 Å². The first-order valence-electron chi connectivity index (χ1n) is 7.04.